The highest BCUT2D eigenvalue weighted by molar-refractivity contribution is 5.14. The molecule has 0 aromatic heterocycles. The summed E-state index contributed by atoms with van der Waals surface area (Å²) in [5, 5.41) is 30.9. The molecule has 0 heterocycles. The zero-order valence-electron chi connectivity index (χ0n) is 13.9. The third-order valence-electron chi connectivity index (χ3n) is 4.61. The Labute approximate surface area is 147 Å². The summed E-state index contributed by atoms with van der Waals surface area (Å²) in [5.41, 5.74) is 1.96. The molecule has 134 valence electrons. The van der Waals surface area contributed by atoms with E-state index in [1.165, 1.54) is 0 Å². The molecule has 0 saturated heterocycles. The Morgan fingerprint density at radius 3 is 1.84 bits per heavy atom. The minimum absolute atomic E-state index is 0.152. The Balaban J connectivity index is 1.52. The smallest absolute Gasteiger partial charge is 0.113 e. The number of hydrogen-bond acceptors (Lipinski definition) is 5. The standard InChI is InChI=1S/C20H24O5/c21-17-16(13-24-11-14-7-3-1-4-8-14)18(22)20(19(17)23)25-12-15-9-5-2-6-10-15/h1-10,16-23H,11-13H2/t16-,17-,18-,19+,20+/m1/s1. The number of aliphatic hydroxyl groups excluding tert-OH is 3. The second-order valence-electron chi connectivity index (χ2n) is 6.40. The van der Waals surface area contributed by atoms with Crippen LogP contribution < -0.4 is 0 Å². The summed E-state index contributed by atoms with van der Waals surface area (Å²) in [6.45, 7) is 0.811. The SMILES string of the molecule is O[C@@H]1[C@H](COCc2ccccc2)[C@@H](O)[C@H](O)[C@H]1OCc1ccccc1. The summed E-state index contributed by atoms with van der Waals surface area (Å²) in [7, 11) is 0. The maximum absolute atomic E-state index is 10.4. The van der Waals surface area contributed by atoms with Gasteiger partial charge in [0, 0.05) is 5.92 Å². The molecule has 5 nitrogen and oxygen atoms in total. The van der Waals surface area contributed by atoms with Crippen molar-refractivity contribution in [1.82, 2.24) is 0 Å². The normalized spacial score (nSPS) is 29.0. The van der Waals surface area contributed by atoms with E-state index in [9.17, 15) is 15.3 Å². The number of ether oxygens (including phenoxy) is 2. The van der Waals surface area contributed by atoms with E-state index >= 15 is 0 Å². The van der Waals surface area contributed by atoms with E-state index in [-0.39, 0.29) is 13.2 Å². The minimum atomic E-state index is -1.14. The van der Waals surface area contributed by atoms with E-state index in [0.29, 0.717) is 6.61 Å². The first-order chi connectivity index (χ1) is 12.2. The van der Waals surface area contributed by atoms with Crippen LogP contribution in [0.4, 0.5) is 0 Å². The molecule has 1 fully saturated rings. The van der Waals surface area contributed by atoms with Crippen molar-refractivity contribution in [1.29, 1.82) is 0 Å². The van der Waals surface area contributed by atoms with Crippen LogP contribution in [0.15, 0.2) is 60.7 Å². The van der Waals surface area contributed by atoms with E-state index in [4.69, 9.17) is 9.47 Å². The van der Waals surface area contributed by atoms with Gasteiger partial charge in [-0.2, -0.15) is 0 Å². The Hall–Kier alpha value is -1.76. The van der Waals surface area contributed by atoms with Crippen molar-refractivity contribution in [2.45, 2.75) is 37.6 Å². The second kappa shape index (κ2) is 8.56. The summed E-state index contributed by atoms with van der Waals surface area (Å²) in [6.07, 6.45) is -4.03. The Morgan fingerprint density at radius 2 is 1.24 bits per heavy atom. The van der Waals surface area contributed by atoms with Crippen molar-refractivity contribution in [3.8, 4) is 0 Å². The minimum Gasteiger partial charge on any atom is -0.390 e. The maximum atomic E-state index is 10.4. The first-order valence-corrected chi connectivity index (χ1v) is 8.48. The lowest BCUT2D eigenvalue weighted by atomic mass is 10.0. The Kier molecular flexibility index (Phi) is 6.18. The van der Waals surface area contributed by atoms with Crippen molar-refractivity contribution >= 4 is 0 Å². The molecule has 1 aliphatic carbocycles. The van der Waals surface area contributed by atoms with E-state index in [1.807, 2.05) is 60.7 Å². The van der Waals surface area contributed by atoms with Gasteiger partial charge in [0.1, 0.15) is 12.2 Å². The lowest BCUT2D eigenvalue weighted by Crippen LogP contribution is -2.35. The Morgan fingerprint density at radius 1 is 0.680 bits per heavy atom. The molecule has 0 amide bonds. The highest BCUT2D eigenvalue weighted by Gasteiger charge is 2.49. The van der Waals surface area contributed by atoms with Gasteiger partial charge in [0.25, 0.3) is 0 Å². The van der Waals surface area contributed by atoms with Crippen LogP contribution in [0.2, 0.25) is 0 Å². The largest absolute Gasteiger partial charge is 0.390 e. The van der Waals surface area contributed by atoms with E-state index in [0.717, 1.165) is 11.1 Å². The molecule has 0 bridgehead atoms. The van der Waals surface area contributed by atoms with Crippen molar-refractivity contribution in [2.75, 3.05) is 6.61 Å². The molecule has 25 heavy (non-hydrogen) atoms. The second-order valence-corrected chi connectivity index (χ2v) is 6.40. The van der Waals surface area contributed by atoms with Gasteiger partial charge in [-0.05, 0) is 11.1 Å². The van der Waals surface area contributed by atoms with Crippen LogP contribution in [0.1, 0.15) is 11.1 Å². The fraction of sp³-hybridized carbons (Fsp3) is 0.400. The number of aliphatic hydroxyl groups is 3. The van der Waals surface area contributed by atoms with Crippen LogP contribution in [0.5, 0.6) is 0 Å². The molecule has 1 saturated carbocycles. The van der Waals surface area contributed by atoms with Gasteiger partial charge in [0.05, 0.1) is 32.0 Å². The van der Waals surface area contributed by atoms with Crippen molar-refractivity contribution < 1.29 is 24.8 Å². The van der Waals surface area contributed by atoms with Crippen LogP contribution in [0.25, 0.3) is 0 Å². The van der Waals surface area contributed by atoms with Crippen molar-refractivity contribution in [3.63, 3.8) is 0 Å². The van der Waals surface area contributed by atoms with Gasteiger partial charge in [-0.3, -0.25) is 0 Å². The fourth-order valence-electron chi connectivity index (χ4n) is 3.14. The lowest BCUT2D eigenvalue weighted by molar-refractivity contribution is -0.0904. The molecule has 2 aromatic rings. The number of benzene rings is 2. The lowest BCUT2D eigenvalue weighted by Gasteiger charge is -2.20. The topological polar surface area (TPSA) is 79.2 Å². The monoisotopic (exact) mass is 344 g/mol. The van der Waals surface area contributed by atoms with Crippen LogP contribution in [0.3, 0.4) is 0 Å². The van der Waals surface area contributed by atoms with E-state index < -0.39 is 30.3 Å². The summed E-state index contributed by atoms with van der Waals surface area (Å²) in [4.78, 5) is 0. The predicted molar refractivity (Wildman–Crippen MR) is 92.6 cm³/mol. The maximum Gasteiger partial charge on any atom is 0.113 e. The zero-order valence-corrected chi connectivity index (χ0v) is 13.9. The van der Waals surface area contributed by atoms with Gasteiger partial charge in [-0.25, -0.2) is 0 Å². The molecule has 2 aromatic carbocycles. The molecule has 3 N–H and O–H groups in total. The van der Waals surface area contributed by atoms with Gasteiger partial charge < -0.3 is 24.8 Å². The summed E-state index contributed by atoms with van der Waals surface area (Å²) >= 11 is 0. The van der Waals surface area contributed by atoms with Crippen LogP contribution in [-0.2, 0) is 22.7 Å². The highest BCUT2D eigenvalue weighted by Crippen LogP contribution is 2.30. The molecular formula is C20H24O5. The molecule has 0 radical (unpaired) electrons. The molecule has 0 unspecified atom stereocenters. The number of hydrogen-bond donors (Lipinski definition) is 3. The van der Waals surface area contributed by atoms with Crippen molar-refractivity contribution in [3.05, 3.63) is 71.8 Å². The molecular weight excluding hydrogens is 320 g/mol. The predicted octanol–water partition coefficient (Wildman–Crippen LogP) is 1.50. The average molecular weight is 344 g/mol. The summed E-state index contributed by atoms with van der Waals surface area (Å²) in [5.74, 6) is -0.584. The number of rotatable bonds is 7. The third-order valence-corrected chi connectivity index (χ3v) is 4.61. The summed E-state index contributed by atoms with van der Waals surface area (Å²) in [6, 6.07) is 19.2. The van der Waals surface area contributed by atoms with Crippen LogP contribution in [0, 0.1) is 5.92 Å². The quantitative estimate of drug-likeness (QED) is 0.709. The molecule has 0 aliphatic heterocycles. The Bertz CT molecular complexity index is 633. The van der Waals surface area contributed by atoms with Crippen molar-refractivity contribution in [2.24, 2.45) is 5.92 Å². The third kappa shape index (κ3) is 4.45. The molecule has 1 aliphatic rings. The summed E-state index contributed by atoms with van der Waals surface area (Å²) < 4.78 is 11.3. The van der Waals surface area contributed by atoms with Gasteiger partial charge in [-0.1, -0.05) is 60.7 Å². The highest BCUT2D eigenvalue weighted by atomic mass is 16.5. The molecule has 0 spiro atoms. The van der Waals surface area contributed by atoms with Gasteiger partial charge in [0.2, 0.25) is 0 Å². The van der Waals surface area contributed by atoms with Gasteiger partial charge >= 0.3 is 0 Å². The molecule has 5 heteroatoms. The van der Waals surface area contributed by atoms with Gasteiger partial charge in [-0.15, -0.1) is 0 Å². The zero-order chi connectivity index (χ0) is 17.6. The van der Waals surface area contributed by atoms with Crippen LogP contribution >= 0.6 is 0 Å². The van der Waals surface area contributed by atoms with E-state index in [1.54, 1.807) is 0 Å². The average Bonchev–Trinajstić information content (AvgIpc) is 2.85. The van der Waals surface area contributed by atoms with Crippen LogP contribution in [-0.4, -0.2) is 46.3 Å². The molecule has 3 rings (SSSR count). The first-order valence-electron chi connectivity index (χ1n) is 8.48. The van der Waals surface area contributed by atoms with Gasteiger partial charge in [0.15, 0.2) is 0 Å². The van der Waals surface area contributed by atoms with E-state index in [2.05, 4.69) is 0 Å². The first kappa shape index (κ1) is 18.0. The molecule has 5 atom stereocenters. The fourth-order valence-corrected chi connectivity index (χ4v) is 3.14.